The maximum atomic E-state index is 3.49. The number of hydrogen-bond acceptors (Lipinski definition) is 1. The Balaban J connectivity index is 2.08. The number of benzene rings is 1. The van der Waals surface area contributed by atoms with Crippen LogP contribution in [0, 0.1) is 5.92 Å². The molecule has 1 aromatic carbocycles. The Bertz CT molecular complexity index is 319. The second kappa shape index (κ2) is 5.01. The van der Waals surface area contributed by atoms with Gasteiger partial charge in [0.15, 0.2) is 0 Å². The van der Waals surface area contributed by atoms with Gasteiger partial charge in [0.05, 0.1) is 0 Å². The highest BCUT2D eigenvalue weighted by Gasteiger charge is 2.53. The molecule has 0 radical (unpaired) electrons. The topological polar surface area (TPSA) is 12.0 Å². The fourth-order valence-corrected chi connectivity index (χ4v) is 2.99. The van der Waals surface area contributed by atoms with Crippen LogP contribution < -0.4 is 5.32 Å². The second-order valence-corrected chi connectivity index (χ2v) is 4.98. The molecule has 0 bridgehead atoms. The number of nitrogens with one attached hydrogen (secondary N) is 1. The molecule has 0 saturated heterocycles. The summed E-state index contributed by atoms with van der Waals surface area (Å²) in [5, 5.41) is 3.49. The van der Waals surface area contributed by atoms with Crippen LogP contribution in [0.25, 0.3) is 0 Å². The molecule has 1 aliphatic carbocycles. The van der Waals surface area contributed by atoms with Crippen molar-refractivity contribution >= 4 is 0 Å². The monoisotopic (exact) mass is 217 g/mol. The molecule has 2 atom stereocenters. The van der Waals surface area contributed by atoms with Crippen molar-refractivity contribution in [3.05, 3.63) is 35.9 Å². The van der Waals surface area contributed by atoms with Gasteiger partial charge in [-0.25, -0.2) is 0 Å². The standard InChI is InChI=1S/C15H23N/c1-3-10-15(11-14(15)12-16-4-2)13-8-6-5-7-9-13/h5-9,14,16H,3-4,10-12H2,1-2H3. The highest BCUT2D eigenvalue weighted by atomic mass is 14.9. The minimum atomic E-state index is 0.498. The van der Waals surface area contributed by atoms with Gasteiger partial charge in [-0.1, -0.05) is 50.6 Å². The lowest BCUT2D eigenvalue weighted by Gasteiger charge is -2.17. The molecule has 1 heteroatoms. The van der Waals surface area contributed by atoms with Crippen molar-refractivity contribution in [1.82, 2.24) is 5.32 Å². The van der Waals surface area contributed by atoms with Gasteiger partial charge in [0.2, 0.25) is 0 Å². The Morgan fingerprint density at radius 1 is 1.25 bits per heavy atom. The fraction of sp³-hybridized carbons (Fsp3) is 0.600. The Labute approximate surface area is 99.3 Å². The van der Waals surface area contributed by atoms with Crippen molar-refractivity contribution in [2.75, 3.05) is 13.1 Å². The van der Waals surface area contributed by atoms with Gasteiger partial charge in [0.25, 0.3) is 0 Å². The summed E-state index contributed by atoms with van der Waals surface area (Å²) in [6.45, 7) is 6.76. The molecular weight excluding hydrogens is 194 g/mol. The fourth-order valence-electron chi connectivity index (χ4n) is 2.99. The molecule has 0 aliphatic heterocycles. The van der Waals surface area contributed by atoms with Gasteiger partial charge in [-0.05, 0) is 42.8 Å². The first-order chi connectivity index (χ1) is 7.83. The zero-order valence-corrected chi connectivity index (χ0v) is 10.5. The third-order valence-corrected chi connectivity index (χ3v) is 3.92. The van der Waals surface area contributed by atoms with Gasteiger partial charge in [0, 0.05) is 0 Å². The smallest absolute Gasteiger partial charge is 0.000303 e. The molecule has 0 amide bonds. The zero-order valence-electron chi connectivity index (χ0n) is 10.5. The average Bonchev–Trinajstić information content (AvgIpc) is 3.03. The van der Waals surface area contributed by atoms with Gasteiger partial charge in [-0.3, -0.25) is 0 Å². The lowest BCUT2D eigenvalue weighted by Crippen LogP contribution is -2.21. The molecular formula is C15H23N. The van der Waals surface area contributed by atoms with Crippen LogP contribution in [-0.4, -0.2) is 13.1 Å². The number of rotatable bonds is 6. The molecule has 2 rings (SSSR count). The SMILES string of the molecule is CCCC1(c2ccccc2)CC1CNCC. The molecule has 1 fully saturated rings. The van der Waals surface area contributed by atoms with Crippen LogP contribution in [0.3, 0.4) is 0 Å². The van der Waals surface area contributed by atoms with E-state index in [1.54, 1.807) is 5.56 Å². The molecule has 1 saturated carbocycles. The minimum Gasteiger partial charge on any atom is -0.317 e. The van der Waals surface area contributed by atoms with E-state index in [0.717, 1.165) is 12.5 Å². The summed E-state index contributed by atoms with van der Waals surface area (Å²) in [5.74, 6) is 0.856. The highest BCUT2D eigenvalue weighted by Crippen LogP contribution is 2.56. The first kappa shape index (κ1) is 11.7. The van der Waals surface area contributed by atoms with Crippen LogP contribution in [0.1, 0.15) is 38.7 Å². The van der Waals surface area contributed by atoms with E-state index >= 15 is 0 Å². The molecule has 88 valence electrons. The molecule has 1 nitrogen and oxygen atoms in total. The van der Waals surface area contributed by atoms with Gasteiger partial charge < -0.3 is 5.32 Å². The third kappa shape index (κ3) is 2.15. The molecule has 0 aromatic heterocycles. The number of hydrogen-bond donors (Lipinski definition) is 1. The van der Waals surface area contributed by atoms with Gasteiger partial charge in [-0.2, -0.15) is 0 Å². The Kier molecular flexibility index (Phi) is 3.65. The second-order valence-electron chi connectivity index (χ2n) is 4.98. The third-order valence-electron chi connectivity index (χ3n) is 3.92. The first-order valence-corrected chi connectivity index (χ1v) is 6.59. The van der Waals surface area contributed by atoms with Crippen molar-refractivity contribution in [1.29, 1.82) is 0 Å². The van der Waals surface area contributed by atoms with E-state index in [4.69, 9.17) is 0 Å². The van der Waals surface area contributed by atoms with E-state index in [2.05, 4.69) is 49.5 Å². The largest absolute Gasteiger partial charge is 0.317 e. The van der Waals surface area contributed by atoms with Gasteiger partial charge in [-0.15, -0.1) is 0 Å². The van der Waals surface area contributed by atoms with E-state index in [-0.39, 0.29) is 0 Å². The molecule has 1 N–H and O–H groups in total. The normalized spacial score (nSPS) is 28.0. The van der Waals surface area contributed by atoms with Gasteiger partial charge >= 0.3 is 0 Å². The Hall–Kier alpha value is -0.820. The summed E-state index contributed by atoms with van der Waals surface area (Å²) in [6.07, 6.45) is 4.00. The Morgan fingerprint density at radius 3 is 2.62 bits per heavy atom. The summed E-state index contributed by atoms with van der Waals surface area (Å²) in [5.41, 5.74) is 2.05. The summed E-state index contributed by atoms with van der Waals surface area (Å²) >= 11 is 0. The minimum absolute atomic E-state index is 0.498. The molecule has 2 unspecified atom stereocenters. The Morgan fingerprint density at radius 2 is 2.00 bits per heavy atom. The average molecular weight is 217 g/mol. The predicted octanol–water partition coefficient (Wildman–Crippen LogP) is 3.35. The predicted molar refractivity (Wildman–Crippen MR) is 69.7 cm³/mol. The van der Waals surface area contributed by atoms with E-state index < -0.39 is 0 Å². The summed E-state index contributed by atoms with van der Waals surface area (Å²) in [4.78, 5) is 0. The summed E-state index contributed by atoms with van der Waals surface area (Å²) < 4.78 is 0. The maximum absolute atomic E-state index is 3.49. The van der Waals surface area contributed by atoms with Crippen molar-refractivity contribution in [2.45, 2.75) is 38.5 Å². The highest BCUT2D eigenvalue weighted by molar-refractivity contribution is 5.33. The van der Waals surface area contributed by atoms with Crippen LogP contribution in [0.2, 0.25) is 0 Å². The van der Waals surface area contributed by atoms with Crippen molar-refractivity contribution in [3.8, 4) is 0 Å². The van der Waals surface area contributed by atoms with Crippen molar-refractivity contribution < 1.29 is 0 Å². The van der Waals surface area contributed by atoms with E-state index in [9.17, 15) is 0 Å². The van der Waals surface area contributed by atoms with Crippen LogP contribution in [0.4, 0.5) is 0 Å². The van der Waals surface area contributed by atoms with Gasteiger partial charge in [0.1, 0.15) is 0 Å². The summed E-state index contributed by atoms with van der Waals surface area (Å²) in [6, 6.07) is 11.1. The molecule has 0 heterocycles. The zero-order chi connectivity index (χ0) is 11.4. The lowest BCUT2D eigenvalue weighted by atomic mass is 9.88. The van der Waals surface area contributed by atoms with Crippen LogP contribution in [-0.2, 0) is 5.41 Å². The van der Waals surface area contributed by atoms with Crippen LogP contribution in [0.5, 0.6) is 0 Å². The molecule has 0 spiro atoms. The lowest BCUT2D eigenvalue weighted by molar-refractivity contribution is 0.520. The molecule has 16 heavy (non-hydrogen) atoms. The van der Waals surface area contributed by atoms with Crippen molar-refractivity contribution in [3.63, 3.8) is 0 Å². The first-order valence-electron chi connectivity index (χ1n) is 6.59. The van der Waals surface area contributed by atoms with Crippen LogP contribution >= 0.6 is 0 Å². The quantitative estimate of drug-likeness (QED) is 0.770. The maximum Gasteiger partial charge on any atom is -0.000303 e. The van der Waals surface area contributed by atoms with E-state index in [0.29, 0.717) is 5.41 Å². The molecule has 1 aromatic rings. The molecule has 1 aliphatic rings. The summed E-state index contributed by atoms with van der Waals surface area (Å²) in [7, 11) is 0. The van der Waals surface area contributed by atoms with Crippen LogP contribution in [0.15, 0.2) is 30.3 Å². The van der Waals surface area contributed by atoms with E-state index in [1.165, 1.54) is 25.8 Å². The van der Waals surface area contributed by atoms with E-state index in [1.807, 2.05) is 0 Å². The van der Waals surface area contributed by atoms with Crippen molar-refractivity contribution in [2.24, 2.45) is 5.92 Å².